The van der Waals surface area contributed by atoms with E-state index in [4.69, 9.17) is 9.15 Å². The number of methoxy groups -OCH3 is 1. The number of aromatic nitrogens is 1. The van der Waals surface area contributed by atoms with Crippen LogP contribution >= 0.6 is 0 Å². The van der Waals surface area contributed by atoms with Crippen molar-refractivity contribution in [2.45, 2.75) is 19.7 Å². The number of fused-ring (bicyclic) bond motifs is 1. The van der Waals surface area contributed by atoms with Crippen LogP contribution in [0.2, 0.25) is 0 Å². The lowest BCUT2D eigenvalue weighted by molar-refractivity contribution is -0.137. The molecule has 0 radical (unpaired) electrons. The molecule has 4 aromatic rings. The van der Waals surface area contributed by atoms with Crippen molar-refractivity contribution in [2.24, 2.45) is 4.99 Å². The third-order valence-electron chi connectivity index (χ3n) is 5.22. The van der Waals surface area contributed by atoms with Crippen LogP contribution < -0.4 is 15.6 Å². The molecule has 2 heterocycles. The van der Waals surface area contributed by atoms with Crippen LogP contribution in [0.1, 0.15) is 27.2 Å². The van der Waals surface area contributed by atoms with E-state index >= 15 is 0 Å². The predicted octanol–water partition coefficient (Wildman–Crippen LogP) is 5.14. The van der Waals surface area contributed by atoms with Crippen molar-refractivity contribution < 1.29 is 32.2 Å². The van der Waals surface area contributed by atoms with Gasteiger partial charge in [-0.3, -0.25) is 9.78 Å². The summed E-state index contributed by atoms with van der Waals surface area (Å²) in [7, 11) is 1.52. The van der Waals surface area contributed by atoms with Gasteiger partial charge in [-0.25, -0.2) is 4.99 Å². The van der Waals surface area contributed by atoms with Gasteiger partial charge >= 0.3 is 6.18 Å². The Balaban J connectivity index is 1.86. The Kier molecular flexibility index (Phi) is 6.57. The summed E-state index contributed by atoms with van der Waals surface area (Å²) < 4.78 is 50.4. The maximum atomic E-state index is 13.2. The summed E-state index contributed by atoms with van der Waals surface area (Å²) in [5.41, 5.74) is 0.634. The van der Waals surface area contributed by atoms with E-state index in [1.54, 1.807) is 31.2 Å². The molecule has 0 aliphatic heterocycles. The van der Waals surface area contributed by atoms with Crippen LogP contribution in [-0.4, -0.2) is 23.1 Å². The van der Waals surface area contributed by atoms with E-state index in [-0.39, 0.29) is 23.4 Å². The molecule has 4 rings (SSSR count). The molecule has 1 amide bonds. The number of carbonyl (C=O) groups excluding carboxylic acids is 1. The minimum atomic E-state index is -4.56. The van der Waals surface area contributed by atoms with Gasteiger partial charge in [0.2, 0.25) is 5.55 Å². The second kappa shape index (κ2) is 9.59. The van der Waals surface area contributed by atoms with E-state index in [1.807, 2.05) is 0 Å². The average Bonchev–Trinajstić information content (AvgIpc) is 2.84. The number of hydrogen-bond donors (Lipinski definition) is 2. The van der Waals surface area contributed by atoms with Gasteiger partial charge in [0.1, 0.15) is 11.3 Å². The van der Waals surface area contributed by atoms with Gasteiger partial charge in [-0.15, -0.1) is 0 Å². The number of hydrogen-bond acceptors (Lipinski definition) is 6. The first-order chi connectivity index (χ1) is 16.7. The molecule has 0 aliphatic rings. The zero-order chi connectivity index (χ0) is 25.2. The van der Waals surface area contributed by atoms with E-state index < -0.39 is 17.6 Å². The summed E-state index contributed by atoms with van der Waals surface area (Å²) >= 11 is 0. The fourth-order valence-electron chi connectivity index (χ4n) is 3.41. The molecule has 35 heavy (non-hydrogen) atoms. The zero-order valence-electron chi connectivity index (χ0n) is 18.7. The Morgan fingerprint density at radius 2 is 1.91 bits per heavy atom. The molecule has 2 N–H and O–H groups in total. The number of aliphatic hydroxyl groups is 1. The number of rotatable bonds is 5. The van der Waals surface area contributed by atoms with Crippen LogP contribution in [-0.2, 0) is 12.8 Å². The van der Waals surface area contributed by atoms with Crippen LogP contribution in [0, 0.1) is 6.92 Å². The maximum Gasteiger partial charge on any atom is 0.416 e. The Morgan fingerprint density at radius 1 is 1.17 bits per heavy atom. The first-order valence-electron chi connectivity index (χ1n) is 10.4. The molecule has 7 nitrogen and oxygen atoms in total. The number of halogens is 3. The number of benzene rings is 2. The minimum absolute atomic E-state index is 0.0361. The van der Waals surface area contributed by atoms with Crippen LogP contribution in [0.3, 0.4) is 0 Å². The highest BCUT2D eigenvalue weighted by Crippen LogP contribution is 2.31. The minimum Gasteiger partial charge on any atom is -0.497 e. The van der Waals surface area contributed by atoms with Gasteiger partial charge in [-0.2, -0.15) is 13.2 Å². The monoisotopic (exact) mass is 483 g/mol. The number of alkyl halides is 3. The third kappa shape index (κ3) is 5.17. The molecule has 0 spiro atoms. The molecule has 2 aromatic heterocycles. The Labute approximate surface area is 197 Å². The Bertz CT molecular complexity index is 1460. The van der Waals surface area contributed by atoms with E-state index in [2.05, 4.69) is 15.3 Å². The molecule has 10 heteroatoms. The number of pyridine rings is 1. The summed E-state index contributed by atoms with van der Waals surface area (Å²) in [6.07, 6.45) is -3.10. The zero-order valence-corrected chi connectivity index (χ0v) is 18.7. The second-order valence-electron chi connectivity index (χ2n) is 7.58. The van der Waals surface area contributed by atoms with Gasteiger partial charge in [-0.1, -0.05) is 6.07 Å². The first kappa shape index (κ1) is 24.0. The van der Waals surface area contributed by atoms with E-state index in [1.165, 1.54) is 31.5 Å². The topological polar surface area (TPSA) is 97.0 Å². The van der Waals surface area contributed by atoms with E-state index in [9.17, 15) is 23.1 Å². The molecule has 0 unspecified atom stereocenters. The number of carbonyl (C=O) groups is 1. The molecule has 0 fully saturated rings. The number of nitrogens with zero attached hydrogens (tertiary/aromatic N) is 2. The second-order valence-corrected chi connectivity index (χ2v) is 7.58. The van der Waals surface area contributed by atoms with Gasteiger partial charge < -0.3 is 19.6 Å². The largest absolute Gasteiger partial charge is 0.497 e. The molecule has 0 saturated heterocycles. The fraction of sp³-hybridized carbons (Fsp3) is 0.160. The number of amides is 1. The van der Waals surface area contributed by atoms with Gasteiger partial charge in [0.25, 0.3) is 5.91 Å². The van der Waals surface area contributed by atoms with Crippen molar-refractivity contribution in [1.82, 2.24) is 4.98 Å². The number of ether oxygens (including phenoxy) is 1. The highest BCUT2D eigenvalue weighted by atomic mass is 19.4. The molecule has 0 atom stereocenters. The number of aryl methyl sites for hydroxylation is 1. The van der Waals surface area contributed by atoms with Crippen molar-refractivity contribution in [3.8, 4) is 5.75 Å². The van der Waals surface area contributed by atoms with Gasteiger partial charge in [-0.05, 0) is 55.5 Å². The van der Waals surface area contributed by atoms with Crippen LogP contribution in [0.15, 0.2) is 70.2 Å². The fourth-order valence-corrected chi connectivity index (χ4v) is 3.41. The maximum absolute atomic E-state index is 13.2. The predicted molar refractivity (Wildman–Crippen MR) is 122 cm³/mol. The van der Waals surface area contributed by atoms with Crippen LogP contribution in [0.5, 0.6) is 5.75 Å². The summed E-state index contributed by atoms with van der Waals surface area (Å²) in [6.45, 7) is 1.34. The number of aliphatic hydroxyl groups excluding tert-OH is 1. The smallest absolute Gasteiger partial charge is 0.416 e. The number of anilines is 1. The van der Waals surface area contributed by atoms with Crippen molar-refractivity contribution in [3.63, 3.8) is 0 Å². The van der Waals surface area contributed by atoms with E-state index in [0.717, 1.165) is 12.1 Å². The molecular weight excluding hydrogens is 463 g/mol. The van der Waals surface area contributed by atoms with Crippen LogP contribution in [0.4, 0.5) is 24.5 Å². The summed E-state index contributed by atoms with van der Waals surface area (Å²) in [5.74, 6) is -0.130. The van der Waals surface area contributed by atoms with Crippen molar-refractivity contribution in [1.29, 1.82) is 0 Å². The molecular formula is C25H20F3N3O4. The summed E-state index contributed by atoms with van der Waals surface area (Å²) in [6, 6.07) is 12.4. The highest BCUT2D eigenvalue weighted by molar-refractivity contribution is 6.05. The van der Waals surface area contributed by atoms with Gasteiger partial charge in [0.05, 0.1) is 30.7 Å². The standard InChI is InChI=1S/C25H20F3N3O4/c1-14-22-20(15(13-32)12-29-14)11-21(24(35-22)31-17-6-8-19(34-2)9-7-17)23(33)30-18-5-3-4-16(10-18)25(26,27)28/h3-12,32H,13H2,1-2H3,(H,30,33). The first-order valence-corrected chi connectivity index (χ1v) is 10.4. The lowest BCUT2D eigenvalue weighted by Crippen LogP contribution is -2.22. The molecule has 0 bridgehead atoms. The van der Waals surface area contributed by atoms with E-state index in [0.29, 0.717) is 33.7 Å². The summed E-state index contributed by atoms with van der Waals surface area (Å²) in [4.78, 5) is 21.8. The van der Waals surface area contributed by atoms with Crippen molar-refractivity contribution in [2.75, 3.05) is 12.4 Å². The van der Waals surface area contributed by atoms with Gasteiger partial charge in [0, 0.05) is 22.8 Å². The normalized spacial score (nSPS) is 12.1. The van der Waals surface area contributed by atoms with Gasteiger partial charge in [0.15, 0.2) is 5.58 Å². The lowest BCUT2D eigenvalue weighted by atomic mass is 10.1. The Morgan fingerprint density at radius 3 is 2.57 bits per heavy atom. The average molecular weight is 483 g/mol. The molecule has 0 saturated carbocycles. The van der Waals surface area contributed by atoms with Crippen molar-refractivity contribution >= 4 is 28.3 Å². The quantitative estimate of drug-likeness (QED) is 0.410. The molecule has 180 valence electrons. The highest BCUT2D eigenvalue weighted by Gasteiger charge is 2.30. The molecule has 2 aromatic carbocycles. The van der Waals surface area contributed by atoms with Crippen molar-refractivity contribution in [3.05, 3.63) is 88.7 Å². The Hall–Kier alpha value is -4.18. The lowest BCUT2D eigenvalue weighted by Gasteiger charge is -2.11. The summed E-state index contributed by atoms with van der Waals surface area (Å²) in [5, 5.41) is 12.6. The SMILES string of the molecule is COc1ccc(N=c2oc3c(C)ncc(CO)c3cc2C(=O)Nc2cccc(C(F)(F)F)c2)cc1. The van der Waals surface area contributed by atoms with Crippen LogP contribution in [0.25, 0.3) is 11.0 Å². The number of nitrogens with one attached hydrogen (secondary N) is 1. The third-order valence-corrected chi connectivity index (χ3v) is 5.22. The molecule has 0 aliphatic carbocycles.